The first-order valence-electron chi connectivity index (χ1n) is 6.42. The van der Waals surface area contributed by atoms with Gasteiger partial charge in [-0.05, 0) is 19.1 Å². The molecule has 112 valence electrons. The predicted octanol–water partition coefficient (Wildman–Crippen LogP) is 2.17. The van der Waals surface area contributed by atoms with E-state index >= 15 is 0 Å². The molecule has 0 spiro atoms. The Bertz CT molecular complexity index is 892. The molecule has 2 aromatic carbocycles. The first-order valence-corrected chi connectivity index (χ1v) is 6.42. The van der Waals surface area contributed by atoms with Gasteiger partial charge in [-0.15, -0.1) is 0 Å². The number of benzene rings is 2. The van der Waals surface area contributed by atoms with Crippen LogP contribution >= 0.6 is 0 Å². The van der Waals surface area contributed by atoms with Gasteiger partial charge >= 0.3 is 0 Å². The summed E-state index contributed by atoms with van der Waals surface area (Å²) in [5.41, 5.74) is 0.245. The highest BCUT2D eigenvalue weighted by atomic mass is 16.5. The van der Waals surface area contributed by atoms with Crippen molar-refractivity contribution in [3.8, 4) is 17.2 Å². The van der Waals surface area contributed by atoms with Gasteiger partial charge in [0.2, 0.25) is 5.78 Å². The van der Waals surface area contributed by atoms with Crippen LogP contribution in [0.5, 0.6) is 17.2 Å². The Balaban J connectivity index is 2.42. The lowest BCUT2D eigenvalue weighted by molar-refractivity contribution is 0.0917. The van der Waals surface area contributed by atoms with E-state index in [9.17, 15) is 24.9 Å². The average molecular weight is 300 g/mol. The molecule has 0 saturated carbocycles. The van der Waals surface area contributed by atoms with Gasteiger partial charge in [-0.2, -0.15) is 0 Å². The number of fused-ring (bicyclic) bond motifs is 2. The number of ether oxygens (including phenoxy) is 1. The Hall–Kier alpha value is -3.02. The molecule has 0 heterocycles. The van der Waals surface area contributed by atoms with E-state index in [0.717, 1.165) is 6.08 Å². The van der Waals surface area contributed by atoms with E-state index < -0.39 is 23.1 Å². The standard InChI is InChI=1S/C16H12O6/c1-6-13(18)9-4-8-7(3-10(9)16(21)14(6)19)11(17)5-12(22-2)15(8)20/h3-5,18-19,21H,1-2H3. The highest BCUT2D eigenvalue weighted by Gasteiger charge is 2.28. The van der Waals surface area contributed by atoms with Gasteiger partial charge in [-0.25, -0.2) is 0 Å². The van der Waals surface area contributed by atoms with Gasteiger partial charge in [0, 0.05) is 33.5 Å². The van der Waals surface area contributed by atoms with Crippen LogP contribution in [0.2, 0.25) is 0 Å². The number of carbonyl (C=O) groups excluding carboxylic acids is 2. The maximum Gasteiger partial charge on any atom is 0.228 e. The third-order valence-corrected chi connectivity index (χ3v) is 3.82. The number of phenols is 3. The Morgan fingerprint density at radius 3 is 2.14 bits per heavy atom. The van der Waals surface area contributed by atoms with E-state index in [1.807, 2.05) is 0 Å². The molecule has 0 aliphatic heterocycles. The van der Waals surface area contributed by atoms with Crippen LogP contribution in [0.4, 0.5) is 0 Å². The van der Waals surface area contributed by atoms with Gasteiger partial charge in [0.15, 0.2) is 23.0 Å². The summed E-state index contributed by atoms with van der Waals surface area (Å²) in [7, 11) is 1.29. The minimum atomic E-state index is -0.483. The number of hydrogen-bond acceptors (Lipinski definition) is 6. The lowest BCUT2D eigenvalue weighted by Gasteiger charge is -2.17. The minimum absolute atomic E-state index is 0.0799. The molecular weight excluding hydrogens is 288 g/mol. The normalized spacial score (nSPS) is 14.0. The number of ketones is 2. The van der Waals surface area contributed by atoms with Crippen molar-refractivity contribution in [1.29, 1.82) is 0 Å². The number of carbonyl (C=O) groups is 2. The first kappa shape index (κ1) is 13.9. The average Bonchev–Trinajstić information content (AvgIpc) is 2.53. The number of hydrogen-bond donors (Lipinski definition) is 3. The lowest BCUT2D eigenvalue weighted by atomic mass is 9.89. The Labute approximate surface area is 124 Å². The van der Waals surface area contributed by atoms with Crippen molar-refractivity contribution in [2.75, 3.05) is 7.11 Å². The zero-order valence-electron chi connectivity index (χ0n) is 11.8. The molecule has 6 heteroatoms. The molecule has 6 nitrogen and oxygen atoms in total. The topological polar surface area (TPSA) is 104 Å². The van der Waals surface area contributed by atoms with Crippen molar-refractivity contribution in [3.63, 3.8) is 0 Å². The second-order valence-corrected chi connectivity index (χ2v) is 5.02. The summed E-state index contributed by atoms with van der Waals surface area (Å²) in [4.78, 5) is 24.3. The zero-order valence-corrected chi connectivity index (χ0v) is 11.8. The van der Waals surface area contributed by atoms with Crippen molar-refractivity contribution < 1.29 is 29.6 Å². The second-order valence-electron chi connectivity index (χ2n) is 5.02. The van der Waals surface area contributed by atoms with Crippen LogP contribution in [-0.2, 0) is 4.74 Å². The molecule has 1 aliphatic rings. The Morgan fingerprint density at radius 2 is 1.50 bits per heavy atom. The van der Waals surface area contributed by atoms with Crippen molar-refractivity contribution in [2.24, 2.45) is 0 Å². The van der Waals surface area contributed by atoms with Crippen LogP contribution in [0.25, 0.3) is 10.8 Å². The lowest BCUT2D eigenvalue weighted by Crippen LogP contribution is -2.18. The number of Topliss-reactive ketones (excluding diaryl/α,β-unsaturated/α-hetero) is 1. The van der Waals surface area contributed by atoms with Gasteiger partial charge in [-0.1, -0.05) is 0 Å². The maximum atomic E-state index is 12.2. The molecule has 3 N–H and O–H groups in total. The summed E-state index contributed by atoms with van der Waals surface area (Å²) < 4.78 is 4.88. The van der Waals surface area contributed by atoms with Crippen molar-refractivity contribution in [2.45, 2.75) is 6.92 Å². The number of rotatable bonds is 1. The van der Waals surface area contributed by atoms with E-state index in [2.05, 4.69) is 0 Å². The molecule has 0 fully saturated rings. The summed E-state index contributed by atoms with van der Waals surface area (Å²) in [6.07, 6.45) is 1.07. The second kappa shape index (κ2) is 4.49. The predicted molar refractivity (Wildman–Crippen MR) is 77.4 cm³/mol. The van der Waals surface area contributed by atoms with Gasteiger partial charge in [0.05, 0.1) is 7.11 Å². The van der Waals surface area contributed by atoms with Crippen molar-refractivity contribution in [3.05, 3.63) is 40.7 Å². The molecule has 1 aliphatic carbocycles. The van der Waals surface area contributed by atoms with Gasteiger partial charge in [-0.3, -0.25) is 9.59 Å². The van der Waals surface area contributed by atoms with E-state index in [0.29, 0.717) is 0 Å². The molecule has 0 amide bonds. The molecule has 0 radical (unpaired) electrons. The summed E-state index contributed by atoms with van der Waals surface area (Å²) in [5, 5.41) is 30.2. The monoisotopic (exact) mass is 300 g/mol. The van der Waals surface area contributed by atoms with E-state index in [1.54, 1.807) is 0 Å². The molecule has 0 bridgehead atoms. The van der Waals surface area contributed by atoms with Crippen molar-refractivity contribution in [1.82, 2.24) is 0 Å². The van der Waals surface area contributed by atoms with E-state index in [1.165, 1.54) is 26.2 Å². The fourth-order valence-electron chi connectivity index (χ4n) is 2.55. The third-order valence-electron chi connectivity index (χ3n) is 3.82. The van der Waals surface area contributed by atoms with Crippen LogP contribution < -0.4 is 0 Å². The quantitative estimate of drug-likeness (QED) is 0.551. The highest BCUT2D eigenvalue weighted by Crippen LogP contribution is 2.44. The Kier molecular flexibility index (Phi) is 2.84. The Morgan fingerprint density at radius 1 is 0.909 bits per heavy atom. The fraction of sp³-hybridized carbons (Fsp3) is 0.125. The molecule has 0 atom stereocenters. The van der Waals surface area contributed by atoms with Crippen LogP contribution in [0, 0.1) is 6.92 Å². The maximum absolute atomic E-state index is 12.2. The van der Waals surface area contributed by atoms with Gasteiger partial charge in [0.25, 0.3) is 0 Å². The van der Waals surface area contributed by atoms with Gasteiger partial charge < -0.3 is 20.1 Å². The van der Waals surface area contributed by atoms with Crippen LogP contribution in [-0.4, -0.2) is 34.0 Å². The largest absolute Gasteiger partial charge is 0.507 e. The number of phenolic OH excluding ortho intramolecular Hbond substituents is 3. The summed E-state index contributed by atoms with van der Waals surface area (Å²) in [6.45, 7) is 1.43. The molecular formula is C16H12O6. The van der Waals surface area contributed by atoms with Crippen LogP contribution in [0.3, 0.4) is 0 Å². The molecule has 0 saturated heterocycles. The SMILES string of the molecule is COC1=CC(=O)c2cc3c(O)c(O)c(C)c(O)c3cc2C1=O. The van der Waals surface area contributed by atoms with Gasteiger partial charge in [0.1, 0.15) is 5.75 Å². The third kappa shape index (κ3) is 1.67. The van der Waals surface area contributed by atoms with E-state index in [4.69, 9.17) is 4.74 Å². The smallest absolute Gasteiger partial charge is 0.228 e. The summed E-state index contributed by atoms with van der Waals surface area (Å²) in [5.74, 6) is -2.20. The fourth-order valence-corrected chi connectivity index (χ4v) is 2.55. The molecule has 22 heavy (non-hydrogen) atoms. The summed E-state index contributed by atoms with van der Waals surface area (Å²) >= 11 is 0. The first-order chi connectivity index (χ1) is 10.4. The molecule has 3 rings (SSSR count). The van der Waals surface area contributed by atoms with Crippen LogP contribution in [0.15, 0.2) is 24.0 Å². The van der Waals surface area contributed by atoms with Crippen LogP contribution in [0.1, 0.15) is 26.3 Å². The number of allylic oxidation sites excluding steroid dienone is 2. The molecule has 0 aromatic heterocycles. The number of methoxy groups -OCH3 is 1. The summed E-state index contributed by atoms with van der Waals surface area (Å²) in [6, 6.07) is 2.60. The minimum Gasteiger partial charge on any atom is -0.507 e. The van der Waals surface area contributed by atoms with E-state index in [-0.39, 0.29) is 39.0 Å². The highest BCUT2D eigenvalue weighted by molar-refractivity contribution is 6.25. The molecule has 0 unspecified atom stereocenters. The zero-order chi connectivity index (χ0) is 16.2. The number of aromatic hydroxyl groups is 3. The van der Waals surface area contributed by atoms with Crippen molar-refractivity contribution >= 4 is 22.3 Å². The molecule has 2 aromatic rings.